The molecule has 0 atom stereocenters. The highest BCUT2D eigenvalue weighted by atomic mass is 16.2. The van der Waals surface area contributed by atoms with E-state index in [1.54, 1.807) is 4.90 Å². The number of carbonyl (C=O) groups excluding carboxylic acids is 1. The molecule has 136 valence electrons. The van der Waals surface area contributed by atoms with Gasteiger partial charge in [-0.2, -0.15) is 5.10 Å². The van der Waals surface area contributed by atoms with Crippen LogP contribution in [-0.2, 0) is 10.8 Å². The third kappa shape index (κ3) is 3.93. The molecule has 1 aromatic heterocycles. The fourth-order valence-corrected chi connectivity index (χ4v) is 3.29. The van der Waals surface area contributed by atoms with Gasteiger partial charge in [0.05, 0.1) is 11.7 Å². The molecule has 1 saturated heterocycles. The average Bonchev–Trinajstić information content (AvgIpc) is 2.92. The summed E-state index contributed by atoms with van der Waals surface area (Å²) >= 11 is 0. The number of piperidine rings is 1. The molecule has 0 saturated carbocycles. The number of hydrogen-bond acceptors (Lipinski definition) is 2. The summed E-state index contributed by atoms with van der Waals surface area (Å²) in [6, 6.07) is 0.494. The highest BCUT2D eigenvalue weighted by Crippen LogP contribution is 2.34. The second-order valence-corrected chi connectivity index (χ2v) is 9.27. The summed E-state index contributed by atoms with van der Waals surface area (Å²) in [5, 5.41) is 4.98. The Kier molecular flexibility index (Phi) is 5.03. The molecule has 2 heterocycles. The van der Waals surface area contributed by atoms with E-state index in [0.29, 0.717) is 6.04 Å². The summed E-state index contributed by atoms with van der Waals surface area (Å²) < 4.78 is 2.17. The van der Waals surface area contributed by atoms with Gasteiger partial charge in [-0.1, -0.05) is 41.5 Å². The highest BCUT2D eigenvalue weighted by molar-refractivity contribution is 5.73. The zero-order valence-electron chi connectivity index (χ0n) is 16.7. The maximum Gasteiger partial charge on any atom is 0.319 e. The zero-order chi connectivity index (χ0) is 18.3. The number of nitrogens with zero attached hydrogens (tertiary/aromatic N) is 4. The van der Waals surface area contributed by atoms with Gasteiger partial charge >= 0.3 is 6.03 Å². The van der Waals surface area contributed by atoms with Crippen LogP contribution in [0.2, 0.25) is 0 Å². The molecule has 1 aliphatic heterocycles. The quantitative estimate of drug-likeness (QED) is 0.784. The number of likely N-dealkylation sites (tertiary alicyclic amines) is 1. The average molecular weight is 335 g/mol. The molecule has 24 heavy (non-hydrogen) atoms. The molecular weight excluding hydrogens is 300 g/mol. The molecule has 0 aromatic carbocycles. The van der Waals surface area contributed by atoms with Crippen LogP contribution < -0.4 is 0 Å². The monoisotopic (exact) mass is 334 g/mol. The van der Waals surface area contributed by atoms with Gasteiger partial charge in [-0.15, -0.1) is 0 Å². The van der Waals surface area contributed by atoms with E-state index in [9.17, 15) is 4.79 Å². The van der Waals surface area contributed by atoms with Gasteiger partial charge in [-0.3, -0.25) is 4.68 Å². The van der Waals surface area contributed by atoms with E-state index in [4.69, 9.17) is 5.10 Å². The number of rotatable bonds is 1. The Morgan fingerprint density at radius 3 is 2.00 bits per heavy atom. The Bertz CT molecular complexity index is 550. The SMILES string of the molecule is CN(C)C(=O)N1CCC(n2cc(C(C)(C)C)c(C(C)(C)C)n2)CC1. The van der Waals surface area contributed by atoms with Crippen LogP contribution in [0.15, 0.2) is 6.20 Å². The van der Waals surface area contributed by atoms with Gasteiger partial charge in [-0.25, -0.2) is 4.79 Å². The highest BCUT2D eigenvalue weighted by Gasteiger charge is 2.31. The van der Waals surface area contributed by atoms with Gasteiger partial charge in [0.1, 0.15) is 0 Å². The first kappa shape index (κ1) is 18.8. The minimum absolute atomic E-state index is 0.0372. The van der Waals surface area contributed by atoms with Crippen molar-refractivity contribution in [3.05, 3.63) is 17.5 Å². The Morgan fingerprint density at radius 1 is 1.08 bits per heavy atom. The fourth-order valence-electron chi connectivity index (χ4n) is 3.29. The molecule has 1 fully saturated rings. The predicted octanol–water partition coefficient (Wildman–Crippen LogP) is 3.80. The summed E-state index contributed by atoms with van der Waals surface area (Å²) in [6.45, 7) is 15.0. The molecule has 1 aromatic rings. The Labute approximate surface area is 147 Å². The standard InChI is InChI=1S/C19H34N4O/c1-18(2,3)15-13-23(20-16(15)19(4,5)6)14-9-11-22(12-10-14)17(24)21(7)8/h13-14H,9-12H2,1-8H3. The molecule has 0 spiro atoms. The van der Waals surface area contributed by atoms with Gasteiger partial charge in [-0.05, 0) is 23.8 Å². The summed E-state index contributed by atoms with van der Waals surface area (Å²) in [4.78, 5) is 15.7. The van der Waals surface area contributed by atoms with E-state index in [1.165, 1.54) is 11.3 Å². The van der Waals surface area contributed by atoms with Crippen molar-refractivity contribution in [2.75, 3.05) is 27.2 Å². The Balaban J connectivity index is 2.20. The van der Waals surface area contributed by atoms with Crippen molar-refractivity contribution in [1.29, 1.82) is 0 Å². The van der Waals surface area contributed by atoms with E-state index in [2.05, 4.69) is 52.4 Å². The lowest BCUT2D eigenvalue weighted by atomic mass is 9.80. The predicted molar refractivity (Wildman–Crippen MR) is 98.6 cm³/mol. The Morgan fingerprint density at radius 2 is 1.62 bits per heavy atom. The first-order valence-corrected chi connectivity index (χ1v) is 8.97. The van der Waals surface area contributed by atoms with Crippen LogP contribution in [0.25, 0.3) is 0 Å². The number of hydrogen-bond donors (Lipinski definition) is 0. The summed E-state index contributed by atoms with van der Waals surface area (Å²) in [7, 11) is 3.63. The molecule has 2 rings (SSSR count). The van der Waals surface area contributed by atoms with Gasteiger partial charge in [0.15, 0.2) is 0 Å². The van der Waals surface area contributed by atoms with Gasteiger partial charge < -0.3 is 9.80 Å². The first-order chi connectivity index (χ1) is 10.9. The van der Waals surface area contributed by atoms with E-state index in [-0.39, 0.29) is 16.9 Å². The second-order valence-electron chi connectivity index (χ2n) is 9.27. The van der Waals surface area contributed by atoms with Gasteiger partial charge in [0.2, 0.25) is 0 Å². The van der Waals surface area contributed by atoms with E-state index < -0.39 is 0 Å². The van der Waals surface area contributed by atoms with Crippen molar-refractivity contribution in [1.82, 2.24) is 19.6 Å². The second kappa shape index (κ2) is 6.41. The van der Waals surface area contributed by atoms with Crippen LogP contribution in [0.4, 0.5) is 4.79 Å². The lowest BCUT2D eigenvalue weighted by Crippen LogP contribution is -2.44. The molecule has 2 amide bonds. The normalized spacial score (nSPS) is 17.2. The smallest absolute Gasteiger partial charge is 0.319 e. The lowest BCUT2D eigenvalue weighted by Gasteiger charge is -2.33. The van der Waals surface area contributed by atoms with Crippen LogP contribution in [-0.4, -0.2) is 52.8 Å². The number of urea groups is 1. The minimum atomic E-state index is 0.0372. The van der Waals surface area contributed by atoms with Crippen LogP contribution >= 0.6 is 0 Å². The minimum Gasteiger partial charge on any atom is -0.331 e. The maximum absolute atomic E-state index is 12.1. The van der Waals surface area contributed by atoms with Gasteiger partial charge in [0, 0.05) is 38.8 Å². The van der Waals surface area contributed by atoms with Crippen molar-refractivity contribution >= 4 is 6.03 Å². The molecule has 0 N–H and O–H groups in total. The van der Waals surface area contributed by atoms with E-state index in [0.717, 1.165) is 25.9 Å². The van der Waals surface area contributed by atoms with E-state index in [1.807, 2.05) is 19.0 Å². The number of carbonyl (C=O) groups is 1. The summed E-state index contributed by atoms with van der Waals surface area (Å²) in [6.07, 6.45) is 4.18. The third-order valence-electron chi connectivity index (χ3n) is 4.74. The molecule has 0 unspecified atom stereocenters. The topological polar surface area (TPSA) is 41.4 Å². The molecule has 1 aliphatic rings. The largest absolute Gasteiger partial charge is 0.331 e. The van der Waals surface area contributed by atoms with Crippen LogP contribution in [0.5, 0.6) is 0 Å². The Hall–Kier alpha value is -1.52. The molecule has 0 bridgehead atoms. The van der Waals surface area contributed by atoms with Crippen LogP contribution in [0, 0.1) is 0 Å². The lowest BCUT2D eigenvalue weighted by molar-refractivity contribution is 0.146. The molecule has 5 nitrogen and oxygen atoms in total. The fraction of sp³-hybridized carbons (Fsp3) is 0.789. The third-order valence-corrected chi connectivity index (χ3v) is 4.74. The van der Waals surface area contributed by atoms with Crippen LogP contribution in [0.1, 0.15) is 71.7 Å². The first-order valence-electron chi connectivity index (χ1n) is 8.97. The van der Waals surface area contributed by atoms with Crippen LogP contribution in [0.3, 0.4) is 0 Å². The number of amides is 2. The van der Waals surface area contributed by atoms with Gasteiger partial charge in [0.25, 0.3) is 0 Å². The zero-order valence-corrected chi connectivity index (χ0v) is 16.7. The van der Waals surface area contributed by atoms with Crippen molar-refractivity contribution in [3.8, 4) is 0 Å². The van der Waals surface area contributed by atoms with E-state index >= 15 is 0 Å². The molecular formula is C19H34N4O. The van der Waals surface area contributed by atoms with Crippen molar-refractivity contribution in [2.45, 2.75) is 71.3 Å². The molecule has 0 radical (unpaired) electrons. The summed E-state index contributed by atoms with van der Waals surface area (Å²) in [5.74, 6) is 0. The number of aromatic nitrogens is 2. The molecule has 5 heteroatoms. The van der Waals surface area contributed by atoms with Crippen molar-refractivity contribution in [2.24, 2.45) is 0 Å². The summed E-state index contributed by atoms with van der Waals surface area (Å²) in [5.41, 5.74) is 2.65. The molecule has 0 aliphatic carbocycles. The van der Waals surface area contributed by atoms with Crippen molar-refractivity contribution in [3.63, 3.8) is 0 Å². The van der Waals surface area contributed by atoms with Crippen molar-refractivity contribution < 1.29 is 4.79 Å². The maximum atomic E-state index is 12.1.